The van der Waals surface area contributed by atoms with Crippen molar-refractivity contribution in [2.45, 2.75) is 0 Å². The number of fused-ring (bicyclic) bond motifs is 6. The molecule has 0 aliphatic carbocycles. The molecule has 1 aliphatic rings. The lowest BCUT2D eigenvalue weighted by Gasteiger charge is -2.22. The molecule has 0 saturated carbocycles. The zero-order valence-electron chi connectivity index (χ0n) is 21.6. The van der Waals surface area contributed by atoms with E-state index < -0.39 is 0 Å². The van der Waals surface area contributed by atoms with E-state index in [9.17, 15) is 0 Å². The zero-order chi connectivity index (χ0) is 26.2. The topological polar surface area (TPSA) is 14.2 Å². The summed E-state index contributed by atoms with van der Waals surface area (Å²) in [6.07, 6.45) is 0. The average Bonchev–Trinajstić information content (AvgIpc) is 3.34. The molecular weight excluding hydrogens is 486 g/mol. The van der Waals surface area contributed by atoms with Crippen LogP contribution in [-0.2, 0) is 0 Å². The SMILES string of the molecule is c1ccc2c(c1)Oc1ccc(-c3ccc4c(c3)c3ccccc3n4-c3cccc4ccccc34)c3cccc-2c13. The zero-order valence-corrected chi connectivity index (χ0v) is 21.6. The van der Waals surface area contributed by atoms with E-state index in [0.29, 0.717) is 0 Å². The molecule has 2 nitrogen and oxygen atoms in total. The molecule has 8 aromatic rings. The van der Waals surface area contributed by atoms with Gasteiger partial charge in [0.25, 0.3) is 0 Å². The molecule has 0 bridgehead atoms. The van der Waals surface area contributed by atoms with Gasteiger partial charge in [0.1, 0.15) is 11.5 Å². The van der Waals surface area contributed by atoms with Crippen LogP contribution in [0.25, 0.3) is 71.3 Å². The van der Waals surface area contributed by atoms with Gasteiger partial charge >= 0.3 is 0 Å². The Bertz CT molecular complexity index is 2300. The van der Waals surface area contributed by atoms with Crippen LogP contribution < -0.4 is 4.74 Å². The number of nitrogens with zero attached hydrogens (tertiary/aromatic N) is 1. The highest BCUT2D eigenvalue weighted by Crippen LogP contribution is 2.48. The van der Waals surface area contributed by atoms with Crippen LogP contribution in [0.4, 0.5) is 0 Å². The number of hydrogen-bond donors (Lipinski definition) is 0. The summed E-state index contributed by atoms with van der Waals surface area (Å²) in [6.45, 7) is 0. The molecule has 40 heavy (non-hydrogen) atoms. The molecule has 0 amide bonds. The van der Waals surface area contributed by atoms with E-state index in [1.165, 1.54) is 65.7 Å². The van der Waals surface area contributed by atoms with E-state index in [4.69, 9.17) is 4.74 Å². The van der Waals surface area contributed by atoms with Crippen LogP contribution in [0.15, 0.2) is 140 Å². The fraction of sp³-hybridized carbons (Fsp3) is 0. The summed E-state index contributed by atoms with van der Waals surface area (Å²) in [7, 11) is 0. The van der Waals surface area contributed by atoms with Gasteiger partial charge in [-0.25, -0.2) is 0 Å². The summed E-state index contributed by atoms with van der Waals surface area (Å²) in [5.74, 6) is 1.83. The van der Waals surface area contributed by atoms with E-state index in [-0.39, 0.29) is 0 Å². The van der Waals surface area contributed by atoms with Gasteiger partial charge in [-0.3, -0.25) is 0 Å². The quantitative estimate of drug-likeness (QED) is 0.226. The molecule has 2 heterocycles. The minimum absolute atomic E-state index is 0.915. The van der Waals surface area contributed by atoms with Crippen LogP contribution in [0, 0.1) is 0 Å². The van der Waals surface area contributed by atoms with Crippen molar-refractivity contribution in [2.24, 2.45) is 0 Å². The largest absolute Gasteiger partial charge is 0.456 e. The van der Waals surface area contributed by atoms with Gasteiger partial charge in [-0.05, 0) is 63.9 Å². The maximum absolute atomic E-state index is 6.35. The molecule has 1 aliphatic heterocycles. The Kier molecular flexibility index (Phi) is 4.36. The van der Waals surface area contributed by atoms with Crippen LogP contribution in [0.1, 0.15) is 0 Å². The molecule has 0 saturated heterocycles. The molecular formula is C38H23NO. The van der Waals surface area contributed by atoms with Crippen molar-refractivity contribution in [1.82, 2.24) is 4.57 Å². The van der Waals surface area contributed by atoms with E-state index >= 15 is 0 Å². The first-order valence-corrected chi connectivity index (χ1v) is 13.7. The van der Waals surface area contributed by atoms with Gasteiger partial charge in [-0.15, -0.1) is 0 Å². The predicted molar refractivity (Wildman–Crippen MR) is 167 cm³/mol. The van der Waals surface area contributed by atoms with Crippen molar-refractivity contribution in [1.29, 1.82) is 0 Å². The number of hydrogen-bond acceptors (Lipinski definition) is 1. The second kappa shape index (κ2) is 8.08. The Morgan fingerprint density at radius 2 is 1.15 bits per heavy atom. The van der Waals surface area contributed by atoms with Gasteiger partial charge in [-0.1, -0.05) is 103 Å². The Balaban J connectivity index is 1.31. The number of rotatable bonds is 2. The van der Waals surface area contributed by atoms with Crippen molar-refractivity contribution < 1.29 is 4.74 Å². The molecule has 186 valence electrons. The maximum Gasteiger partial charge on any atom is 0.135 e. The Labute approximate surface area is 231 Å². The smallest absolute Gasteiger partial charge is 0.135 e. The van der Waals surface area contributed by atoms with Crippen molar-refractivity contribution in [3.63, 3.8) is 0 Å². The summed E-state index contributed by atoms with van der Waals surface area (Å²) < 4.78 is 8.77. The van der Waals surface area contributed by atoms with Gasteiger partial charge in [0.05, 0.1) is 16.7 Å². The third-order valence-electron chi connectivity index (χ3n) is 8.39. The number of para-hydroxylation sites is 2. The summed E-state index contributed by atoms with van der Waals surface area (Å²) in [4.78, 5) is 0. The van der Waals surface area contributed by atoms with Crippen LogP contribution in [0.3, 0.4) is 0 Å². The fourth-order valence-corrected chi connectivity index (χ4v) is 6.64. The average molecular weight is 510 g/mol. The normalized spacial score (nSPS) is 12.2. The molecule has 2 heteroatoms. The molecule has 0 unspecified atom stereocenters. The van der Waals surface area contributed by atoms with Crippen LogP contribution >= 0.6 is 0 Å². The third kappa shape index (κ3) is 2.93. The summed E-state index contributed by atoms with van der Waals surface area (Å²) in [5.41, 5.74) is 8.42. The number of ether oxygens (including phenoxy) is 1. The molecule has 0 fully saturated rings. The Hall–Kier alpha value is -5.34. The standard InChI is InChI=1S/C38H23NO/c1-2-11-27-24(9-1)10-7-17-33(27)39-34-16-5-3-12-28(34)32-23-25(19-21-35(32)39)26-20-22-37-38-30(26)14-8-15-31(38)29-13-4-6-18-36(29)40-37/h1-23H. The second-order valence-corrected chi connectivity index (χ2v) is 10.5. The minimum Gasteiger partial charge on any atom is -0.456 e. The van der Waals surface area contributed by atoms with Gasteiger partial charge in [0.15, 0.2) is 0 Å². The van der Waals surface area contributed by atoms with Crippen molar-refractivity contribution in [2.75, 3.05) is 0 Å². The summed E-state index contributed by atoms with van der Waals surface area (Å²) >= 11 is 0. The van der Waals surface area contributed by atoms with E-state index in [1.807, 2.05) is 12.1 Å². The third-order valence-corrected chi connectivity index (χ3v) is 8.39. The monoisotopic (exact) mass is 509 g/mol. The molecule has 1 aromatic heterocycles. The fourth-order valence-electron chi connectivity index (χ4n) is 6.64. The molecule has 0 atom stereocenters. The first kappa shape index (κ1) is 21.6. The van der Waals surface area contributed by atoms with E-state index in [0.717, 1.165) is 17.1 Å². The lowest BCUT2D eigenvalue weighted by molar-refractivity contribution is 0.487. The van der Waals surface area contributed by atoms with E-state index in [2.05, 4.69) is 132 Å². The van der Waals surface area contributed by atoms with E-state index in [1.54, 1.807) is 0 Å². The van der Waals surface area contributed by atoms with Gasteiger partial charge in [0, 0.05) is 27.1 Å². The highest BCUT2D eigenvalue weighted by molar-refractivity contribution is 6.14. The van der Waals surface area contributed by atoms with Gasteiger partial charge in [0.2, 0.25) is 0 Å². The van der Waals surface area contributed by atoms with Crippen molar-refractivity contribution >= 4 is 43.4 Å². The second-order valence-electron chi connectivity index (χ2n) is 10.5. The minimum atomic E-state index is 0.915. The van der Waals surface area contributed by atoms with Crippen LogP contribution in [0.5, 0.6) is 11.5 Å². The Morgan fingerprint density at radius 3 is 2.12 bits per heavy atom. The molecule has 0 radical (unpaired) electrons. The number of benzene rings is 7. The molecule has 7 aromatic carbocycles. The first-order valence-electron chi connectivity index (χ1n) is 13.7. The highest BCUT2D eigenvalue weighted by atomic mass is 16.5. The van der Waals surface area contributed by atoms with Gasteiger partial charge in [-0.2, -0.15) is 0 Å². The van der Waals surface area contributed by atoms with Crippen molar-refractivity contribution in [3.05, 3.63) is 140 Å². The Morgan fingerprint density at radius 1 is 0.425 bits per heavy atom. The lowest BCUT2D eigenvalue weighted by atomic mass is 9.90. The predicted octanol–water partition coefficient (Wildman–Crippen LogP) is 10.5. The molecule has 0 N–H and O–H groups in total. The highest BCUT2D eigenvalue weighted by Gasteiger charge is 2.22. The maximum atomic E-state index is 6.35. The molecule has 9 rings (SSSR count). The lowest BCUT2D eigenvalue weighted by Crippen LogP contribution is -1.97. The van der Waals surface area contributed by atoms with Gasteiger partial charge < -0.3 is 9.30 Å². The molecule has 0 spiro atoms. The van der Waals surface area contributed by atoms with Crippen LogP contribution in [0.2, 0.25) is 0 Å². The van der Waals surface area contributed by atoms with Crippen molar-refractivity contribution in [3.8, 4) is 39.4 Å². The first-order chi connectivity index (χ1) is 19.8. The number of aromatic nitrogens is 1. The summed E-state index contributed by atoms with van der Waals surface area (Å²) in [5, 5.41) is 7.39. The summed E-state index contributed by atoms with van der Waals surface area (Å²) in [6, 6.07) is 50.1. The van der Waals surface area contributed by atoms with Crippen LogP contribution in [-0.4, -0.2) is 4.57 Å².